The summed E-state index contributed by atoms with van der Waals surface area (Å²) in [6.07, 6.45) is 0.870. The number of nitrogens with one attached hydrogen (secondary N) is 1. The largest absolute Gasteiger partial charge is 0.330 e. The van der Waals surface area contributed by atoms with Crippen LogP contribution in [0.5, 0.6) is 0 Å². The molecule has 0 amide bonds. The molecule has 0 spiro atoms. The Morgan fingerprint density at radius 2 is 2.13 bits per heavy atom. The monoisotopic (exact) mass is 202 g/mol. The molecule has 1 aromatic heterocycles. The zero-order valence-corrected chi connectivity index (χ0v) is 8.71. The van der Waals surface area contributed by atoms with Gasteiger partial charge >= 0.3 is 0 Å². The number of hydrogen-bond donors (Lipinski definition) is 2. The van der Waals surface area contributed by atoms with E-state index in [4.69, 9.17) is 5.73 Å². The van der Waals surface area contributed by atoms with Crippen LogP contribution in [0.25, 0.3) is 10.9 Å². The first-order valence-electron chi connectivity index (χ1n) is 5.03. The van der Waals surface area contributed by atoms with Crippen LogP contribution in [0.3, 0.4) is 0 Å². The first-order valence-corrected chi connectivity index (χ1v) is 5.03. The summed E-state index contributed by atoms with van der Waals surface area (Å²) in [5.41, 5.74) is 8.56. The third-order valence-electron chi connectivity index (χ3n) is 2.55. The van der Waals surface area contributed by atoms with Gasteiger partial charge in [-0.1, -0.05) is 6.07 Å². The maximum atomic E-state index is 11.2. The van der Waals surface area contributed by atoms with Gasteiger partial charge in [0.25, 0.3) is 0 Å². The summed E-state index contributed by atoms with van der Waals surface area (Å²) in [6, 6.07) is 7.65. The molecule has 15 heavy (non-hydrogen) atoms. The van der Waals surface area contributed by atoms with Gasteiger partial charge in [-0.2, -0.15) is 0 Å². The zero-order chi connectivity index (χ0) is 10.8. The summed E-state index contributed by atoms with van der Waals surface area (Å²) in [5.74, 6) is 0. The highest BCUT2D eigenvalue weighted by Gasteiger charge is 2.00. The molecule has 1 heterocycles. The van der Waals surface area contributed by atoms with Crippen molar-refractivity contribution in [2.75, 3.05) is 6.54 Å². The molecule has 3 heteroatoms. The predicted molar refractivity (Wildman–Crippen MR) is 62.1 cm³/mol. The van der Waals surface area contributed by atoms with E-state index in [1.807, 2.05) is 19.1 Å². The molecule has 3 nitrogen and oxygen atoms in total. The fourth-order valence-electron chi connectivity index (χ4n) is 1.79. The summed E-state index contributed by atoms with van der Waals surface area (Å²) < 4.78 is 0. The second-order valence-electron chi connectivity index (χ2n) is 3.74. The molecule has 1 aromatic carbocycles. The van der Waals surface area contributed by atoms with Gasteiger partial charge in [0.15, 0.2) is 0 Å². The van der Waals surface area contributed by atoms with Gasteiger partial charge in [-0.25, -0.2) is 0 Å². The molecule has 0 saturated heterocycles. The Bertz CT molecular complexity index is 543. The van der Waals surface area contributed by atoms with Crippen molar-refractivity contribution in [3.8, 4) is 0 Å². The van der Waals surface area contributed by atoms with Crippen molar-refractivity contribution in [2.45, 2.75) is 13.3 Å². The smallest absolute Gasteiger partial charge is 0.248 e. The van der Waals surface area contributed by atoms with Crippen molar-refractivity contribution < 1.29 is 0 Å². The Hall–Kier alpha value is -1.61. The Balaban J connectivity index is 2.66. The quantitative estimate of drug-likeness (QED) is 0.772. The van der Waals surface area contributed by atoms with Crippen LogP contribution in [-0.2, 0) is 6.42 Å². The summed E-state index contributed by atoms with van der Waals surface area (Å²) in [7, 11) is 0. The van der Waals surface area contributed by atoms with E-state index in [2.05, 4.69) is 11.1 Å². The second kappa shape index (κ2) is 3.87. The first-order chi connectivity index (χ1) is 7.20. The third-order valence-corrected chi connectivity index (χ3v) is 2.55. The van der Waals surface area contributed by atoms with Crippen LogP contribution in [0.2, 0.25) is 0 Å². The summed E-state index contributed by atoms with van der Waals surface area (Å²) in [4.78, 5) is 14.1. The van der Waals surface area contributed by atoms with Crippen LogP contribution in [-0.4, -0.2) is 11.5 Å². The first kappa shape index (κ1) is 9.93. The highest BCUT2D eigenvalue weighted by atomic mass is 16.1. The Labute approximate surface area is 87.9 Å². The van der Waals surface area contributed by atoms with Crippen LogP contribution in [0.1, 0.15) is 11.1 Å². The minimum Gasteiger partial charge on any atom is -0.330 e. The van der Waals surface area contributed by atoms with Crippen LogP contribution in [0, 0.1) is 6.92 Å². The zero-order valence-electron chi connectivity index (χ0n) is 8.71. The number of fused-ring (bicyclic) bond motifs is 1. The maximum Gasteiger partial charge on any atom is 0.248 e. The van der Waals surface area contributed by atoms with Gasteiger partial charge in [0.2, 0.25) is 5.56 Å². The molecular weight excluding hydrogens is 188 g/mol. The van der Waals surface area contributed by atoms with Crippen LogP contribution >= 0.6 is 0 Å². The molecule has 0 aliphatic rings. The van der Waals surface area contributed by atoms with Crippen molar-refractivity contribution in [3.05, 3.63) is 45.7 Å². The van der Waals surface area contributed by atoms with E-state index < -0.39 is 0 Å². The van der Waals surface area contributed by atoms with Crippen LogP contribution < -0.4 is 11.3 Å². The topological polar surface area (TPSA) is 58.9 Å². The molecule has 0 aliphatic carbocycles. The fraction of sp³-hybridized carbons (Fsp3) is 0.250. The lowest BCUT2D eigenvalue weighted by Gasteiger charge is -2.04. The highest BCUT2D eigenvalue weighted by molar-refractivity contribution is 5.82. The van der Waals surface area contributed by atoms with Crippen LogP contribution in [0.4, 0.5) is 0 Å². The van der Waals surface area contributed by atoms with Gasteiger partial charge in [-0.3, -0.25) is 4.79 Å². The molecular formula is C12H14N2O. The highest BCUT2D eigenvalue weighted by Crippen LogP contribution is 2.16. The standard InChI is InChI=1S/C12H14N2O/c1-8-6-12(15)14-11-3-2-9(4-5-13)7-10(8)11/h2-3,6-7H,4-5,13H2,1H3,(H,14,15). The van der Waals surface area contributed by atoms with Gasteiger partial charge in [0.05, 0.1) is 0 Å². The van der Waals surface area contributed by atoms with E-state index in [1.54, 1.807) is 6.07 Å². The van der Waals surface area contributed by atoms with Crippen molar-refractivity contribution in [1.82, 2.24) is 4.98 Å². The van der Waals surface area contributed by atoms with Crippen LogP contribution in [0.15, 0.2) is 29.1 Å². The molecule has 0 saturated carbocycles. The number of nitrogens with two attached hydrogens (primary N) is 1. The fourth-order valence-corrected chi connectivity index (χ4v) is 1.79. The number of hydrogen-bond acceptors (Lipinski definition) is 2. The molecule has 78 valence electrons. The molecule has 3 N–H and O–H groups in total. The normalized spacial score (nSPS) is 10.8. The number of H-pyrrole nitrogens is 1. The van der Waals surface area contributed by atoms with E-state index in [9.17, 15) is 4.79 Å². The molecule has 0 atom stereocenters. The average Bonchev–Trinajstić information content (AvgIpc) is 2.19. The molecule has 0 bridgehead atoms. The summed E-state index contributed by atoms with van der Waals surface area (Å²) in [6.45, 7) is 2.59. The van der Waals surface area contributed by atoms with Crippen molar-refractivity contribution in [2.24, 2.45) is 5.73 Å². The summed E-state index contributed by atoms with van der Waals surface area (Å²) >= 11 is 0. The minimum atomic E-state index is -0.0495. The molecule has 0 fully saturated rings. The maximum absolute atomic E-state index is 11.2. The SMILES string of the molecule is Cc1cc(=O)[nH]c2ccc(CCN)cc12. The Morgan fingerprint density at radius 3 is 2.87 bits per heavy atom. The minimum absolute atomic E-state index is 0.0495. The number of pyridine rings is 1. The lowest BCUT2D eigenvalue weighted by molar-refractivity contribution is 0.970. The van der Waals surface area contributed by atoms with E-state index in [-0.39, 0.29) is 5.56 Å². The molecule has 2 rings (SSSR count). The molecule has 0 aliphatic heterocycles. The molecule has 0 unspecified atom stereocenters. The van der Waals surface area contributed by atoms with Gasteiger partial charge < -0.3 is 10.7 Å². The van der Waals surface area contributed by atoms with Gasteiger partial charge in [0.1, 0.15) is 0 Å². The van der Waals surface area contributed by atoms with E-state index >= 15 is 0 Å². The van der Waals surface area contributed by atoms with Gasteiger partial charge in [-0.15, -0.1) is 0 Å². The van der Waals surface area contributed by atoms with E-state index in [0.717, 1.165) is 22.9 Å². The van der Waals surface area contributed by atoms with E-state index in [1.165, 1.54) is 5.56 Å². The number of rotatable bonds is 2. The van der Waals surface area contributed by atoms with Crippen molar-refractivity contribution >= 4 is 10.9 Å². The van der Waals surface area contributed by atoms with Crippen molar-refractivity contribution in [1.29, 1.82) is 0 Å². The number of benzene rings is 1. The third kappa shape index (κ3) is 1.92. The lowest BCUT2D eigenvalue weighted by atomic mass is 10.1. The van der Waals surface area contributed by atoms with Gasteiger partial charge in [-0.05, 0) is 43.1 Å². The number of aromatic nitrogens is 1. The number of aromatic amines is 1. The average molecular weight is 202 g/mol. The van der Waals surface area contributed by atoms with Crippen molar-refractivity contribution in [3.63, 3.8) is 0 Å². The number of aryl methyl sites for hydroxylation is 1. The van der Waals surface area contributed by atoms with E-state index in [0.29, 0.717) is 6.54 Å². The Kier molecular flexibility index (Phi) is 2.56. The lowest BCUT2D eigenvalue weighted by Crippen LogP contribution is -2.06. The van der Waals surface area contributed by atoms with Gasteiger partial charge in [0, 0.05) is 17.0 Å². The molecule has 0 radical (unpaired) electrons. The Morgan fingerprint density at radius 1 is 1.33 bits per heavy atom. The second-order valence-corrected chi connectivity index (χ2v) is 3.74. The molecule has 2 aromatic rings. The summed E-state index contributed by atoms with van der Waals surface area (Å²) in [5, 5.41) is 1.10. The predicted octanol–water partition coefficient (Wildman–Crippen LogP) is 1.34.